The molecule has 0 aliphatic carbocycles. The molecule has 2 aromatic heterocycles. The molecule has 2 fully saturated rings. The van der Waals surface area contributed by atoms with E-state index in [1.165, 1.54) is 4.90 Å². The quantitative estimate of drug-likeness (QED) is 0.644. The van der Waals surface area contributed by atoms with Crippen LogP contribution in [0.3, 0.4) is 0 Å². The van der Waals surface area contributed by atoms with Crippen molar-refractivity contribution in [2.45, 2.75) is 60.0 Å². The van der Waals surface area contributed by atoms with Crippen molar-refractivity contribution in [3.05, 3.63) is 29.1 Å². The summed E-state index contributed by atoms with van der Waals surface area (Å²) in [6.07, 6.45) is 3.51. The predicted octanol–water partition coefficient (Wildman–Crippen LogP) is 3.20. The molecule has 0 aromatic carbocycles. The molecule has 4 heterocycles. The zero-order valence-corrected chi connectivity index (χ0v) is 20.6. The molecule has 1 radical (unpaired) electrons. The third-order valence-electron chi connectivity index (χ3n) is 5.78. The van der Waals surface area contributed by atoms with Gasteiger partial charge in [0.15, 0.2) is 0 Å². The van der Waals surface area contributed by atoms with Gasteiger partial charge in [-0.2, -0.15) is 0 Å². The summed E-state index contributed by atoms with van der Waals surface area (Å²) >= 11 is 0. The molecule has 0 unspecified atom stereocenters. The van der Waals surface area contributed by atoms with Gasteiger partial charge in [-0.25, -0.2) is 9.97 Å². The zero-order valence-electron chi connectivity index (χ0n) is 17.7. The van der Waals surface area contributed by atoms with Crippen molar-refractivity contribution in [1.29, 1.82) is 0 Å². The van der Waals surface area contributed by atoms with Crippen molar-refractivity contribution in [1.82, 2.24) is 19.4 Å². The summed E-state index contributed by atoms with van der Waals surface area (Å²) in [5, 5.41) is 5.29. The summed E-state index contributed by atoms with van der Waals surface area (Å²) in [4.78, 5) is 36.3. The Labute approximate surface area is 196 Å². The first kappa shape index (κ1) is 22.5. The van der Waals surface area contributed by atoms with E-state index in [0.717, 1.165) is 23.3 Å². The number of carbonyl (C=O) groups is 2. The van der Waals surface area contributed by atoms with Gasteiger partial charge in [0.1, 0.15) is 11.5 Å². The van der Waals surface area contributed by atoms with Gasteiger partial charge in [-0.1, -0.05) is 33.6 Å². The Kier molecular flexibility index (Phi) is 6.33. The van der Waals surface area contributed by atoms with Crippen LogP contribution in [-0.2, 0) is 55.4 Å². The summed E-state index contributed by atoms with van der Waals surface area (Å²) in [5.41, 5.74) is 1.30. The summed E-state index contributed by atoms with van der Waals surface area (Å²) in [5.74, 6) is 0.620. The fourth-order valence-electron chi connectivity index (χ4n) is 4.36. The van der Waals surface area contributed by atoms with Gasteiger partial charge < -0.3 is 9.88 Å². The van der Waals surface area contributed by atoms with Crippen molar-refractivity contribution in [2.75, 3.05) is 13.1 Å². The van der Waals surface area contributed by atoms with Crippen LogP contribution < -0.4 is 0 Å². The van der Waals surface area contributed by atoms with Crippen molar-refractivity contribution >= 4 is 22.8 Å². The number of carbonyl (C=O) groups excluding carboxylic acids is 2. The van der Waals surface area contributed by atoms with Crippen LogP contribution in [0.15, 0.2) is 12.3 Å². The topological polar surface area (TPSA) is 82.2 Å². The second kappa shape index (κ2) is 8.16. The monoisotopic (exact) mass is 471 g/mol. The molecule has 0 atom stereocenters. The number of aromatic nitrogens is 3. The Morgan fingerprint density at radius 3 is 2.55 bits per heavy atom. The molecule has 2 saturated heterocycles. The number of piperidine rings is 1. The number of amides is 2. The van der Waals surface area contributed by atoms with E-state index in [4.69, 9.17) is 0 Å². The van der Waals surface area contributed by atoms with Crippen LogP contribution in [0.2, 0.25) is 0 Å². The van der Waals surface area contributed by atoms with Crippen LogP contribution in [0.4, 0.5) is 0 Å². The standard InChI is InChI=1S/C21H28N5O2.Y/c1-14-23-11-15-9-16(26(18(15)24-14)13-20(2,3)4)12-25-17(27)10-21(19(25)28)5-7-22-8-6-21;/h9,11H,5-8,10,12-13H2,1-4H3;/q-1;. The van der Waals surface area contributed by atoms with Crippen LogP contribution in [0, 0.1) is 17.8 Å². The second-order valence-electron chi connectivity index (χ2n) is 9.39. The predicted molar refractivity (Wildman–Crippen MR) is 107 cm³/mol. The van der Waals surface area contributed by atoms with Crippen molar-refractivity contribution in [2.24, 2.45) is 10.8 Å². The van der Waals surface area contributed by atoms with E-state index >= 15 is 0 Å². The molecule has 0 bridgehead atoms. The van der Waals surface area contributed by atoms with E-state index in [2.05, 4.69) is 40.6 Å². The molecule has 2 aliphatic rings. The average Bonchev–Trinajstić information content (AvgIpc) is 3.05. The SMILES string of the molecule is Cc1ncc2cc(CN3C(=O)CC4(CC[N-]CC4)C3=O)n(CC(C)(C)C)c2n1.[Y]. The maximum Gasteiger partial charge on any atom is 0.236 e. The first-order chi connectivity index (χ1) is 13.2. The van der Waals surface area contributed by atoms with Gasteiger partial charge in [-0.15, -0.1) is 13.1 Å². The maximum absolute atomic E-state index is 13.2. The van der Waals surface area contributed by atoms with Crippen LogP contribution >= 0.6 is 0 Å². The number of aryl methyl sites for hydroxylation is 1. The summed E-state index contributed by atoms with van der Waals surface area (Å²) < 4.78 is 2.14. The molecule has 4 rings (SSSR count). The smallest absolute Gasteiger partial charge is 0.236 e. The molecule has 7 nitrogen and oxygen atoms in total. The van der Waals surface area contributed by atoms with E-state index in [0.29, 0.717) is 44.7 Å². The minimum Gasteiger partial charge on any atom is -0.662 e. The fourth-order valence-corrected chi connectivity index (χ4v) is 4.36. The van der Waals surface area contributed by atoms with E-state index in [1.54, 1.807) is 0 Å². The zero-order chi connectivity index (χ0) is 20.1. The first-order valence-electron chi connectivity index (χ1n) is 9.98. The number of hydrogen-bond acceptors (Lipinski definition) is 4. The van der Waals surface area contributed by atoms with Crippen molar-refractivity contribution in [3.8, 4) is 0 Å². The molecular weight excluding hydrogens is 443 g/mol. The van der Waals surface area contributed by atoms with E-state index < -0.39 is 5.41 Å². The Balaban J connectivity index is 0.00000240. The molecule has 8 heteroatoms. The fraction of sp³-hybridized carbons (Fsp3) is 0.619. The Hall–Kier alpha value is -1.18. The maximum atomic E-state index is 13.2. The molecule has 29 heavy (non-hydrogen) atoms. The molecule has 0 N–H and O–H groups in total. The molecule has 1 spiro atoms. The third kappa shape index (κ3) is 4.32. The van der Waals surface area contributed by atoms with Gasteiger partial charge in [0, 0.05) is 63.0 Å². The Morgan fingerprint density at radius 2 is 1.90 bits per heavy atom. The van der Waals surface area contributed by atoms with Gasteiger partial charge >= 0.3 is 0 Å². The largest absolute Gasteiger partial charge is 0.662 e. The van der Waals surface area contributed by atoms with E-state index in [1.807, 2.05) is 19.2 Å². The van der Waals surface area contributed by atoms with E-state index in [9.17, 15) is 9.59 Å². The number of nitrogens with zero attached hydrogens (tertiary/aromatic N) is 5. The van der Waals surface area contributed by atoms with E-state index in [-0.39, 0.29) is 49.9 Å². The Bertz CT molecular complexity index is 940. The molecule has 0 saturated carbocycles. The number of fused-ring (bicyclic) bond motifs is 1. The summed E-state index contributed by atoms with van der Waals surface area (Å²) in [6, 6.07) is 2.02. The van der Waals surface area contributed by atoms with Gasteiger partial charge in [-0.05, 0) is 18.4 Å². The van der Waals surface area contributed by atoms with Crippen LogP contribution in [0.25, 0.3) is 16.4 Å². The molecular formula is C21H28N5O2Y-. The van der Waals surface area contributed by atoms with Crippen LogP contribution in [-0.4, -0.2) is 44.3 Å². The summed E-state index contributed by atoms with van der Waals surface area (Å²) in [6.45, 7) is 10.8. The second-order valence-corrected chi connectivity index (χ2v) is 9.39. The molecule has 2 aromatic rings. The number of likely N-dealkylation sites (tertiary alicyclic amines) is 1. The normalized spacial score (nSPS) is 19.2. The molecule has 2 aliphatic heterocycles. The van der Waals surface area contributed by atoms with Gasteiger partial charge in [0.05, 0.1) is 12.0 Å². The number of hydrogen-bond donors (Lipinski definition) is 0. The average molecular weight is 471 g/mol. The van der Waals surface area contributed by atoms with Crippen LogP contribution in [0.5, 0.6) is 0 Å². The number of imide groups is 1. The molecule has 2 amide bonds. The van der Waals surface area contributed by atoms with Gasteiger partial charge in [-0.3, -0.25) is 14.5 Å². The van der Waals surface area contributed by atoms with Gasteiger partial charge in [0.2, 0.25) is 11.8 Å². The minimum atomic E-state index is -0.532. The van der Waals surface area contributed by atoms with Crippen molar-refractivity contribution in [3.63, 3.8) is 0 Å². The summed E-state index contributed by atoms with van der Waals surface area (Å²) in [7, 11) is 0. The van der Waals surface area contributed by atoms with Crippen molar-refractivity contribution < 1.29 is 42.3 Å². The third-order valence-corrected chi connectivity index (χ3v) is 5.78. The van der Waals surface area contributed by atoms with Crippen LogP contribution in [0.1, 0.15) is 51.6 Å². The minimum absolute atomic E-state index is 0. The first-order valence-corrected chi connectivity index (χ1v) is 9.98. The number of rotatable bonds is 3. The van der Waals surface area contributed by atoms with Gasteiger partial charge in [0.25, 0.3) is 0 Å². The molecule has 153 valence electrons. The Morgan fingerprint density at radius 1 is 1.21 bits per heavy atom.